The number of rotatable bonds is 6. The first-order valence-electron chi connectivity index (χ1n) is 6.39. The summed E-state index contributed by atoms with van der Waals surface area (Å²) in [6.45, 7) is 3.47. The van der Waals surface area contributed by atoms with Crippen molar-refractivity contribution in [1.29, 1.82) is 0 Å². The molecule has 1 aromatic carbocycles. The molecule has 1 heterocycles. The summed E-state index contributed by atoms with van der Waals surface area (Å²) < 4.78 is 7.30. The Bertz CT molecular complexity index is 524. The number of nitrogens with zero attached hydrogens (tertiary/aromatic N) is 2. The first kappa shape index (κ1) is 13.4. The minimum Gasteiger partial charge on any atom is -0.497 e. The smallest absolute Gasteiger partial charge is 0.120 e. The van der Waals surface area contributed by atoms with Crippen LogP contribution in [0.25, 0.3) is 0 Å². The molecule has 19 heavy (non-hydrogen) atoms. The van der Waals surface area contributed by atoms with Gasteiger partial charge in [0, 0.05) is 24.8 Å². The zero-order chi connectivity index (χ0) is 13.7. The molecule has 0 aliphatic heterocycles. The molecule has 0 spiro atoms. The third-order valence-electron chi connectivity index (χ3n) is 3.09. The zero-order valence-corrected chi connectivity index (χ0v) is 11.3. The number of hydrogen-bond acceptors (Lipinski definition) is 4. The van der Waals surface area contributed by atoms with Gasteiger partial charge in [-0.2, -0.15) is 0 Å². The van der Waals surface area contributed by atoms with E-state index >= 15 is 0 Å². The predicted octanol–water partition coefficient (Wildman–Crippen LogP) is 2.02. The lowest BCUT2D eigenvalue weighted by atomic mass is 10.2. The van der Waals surface area contributed by atoms with Crippen molar-refractivity contribution < 1.29 is 4.74 Å². The van der Waals surface area contributed by atoms with E-state index in [4.69, 9.17) is 10.5 Å². The Labute approximate surface area is 113 Å². The molecule has 0 aliphatic rings. The first-order valence-corrected chi connectivity index (χ1v) is 6.39. The quantitative estimate of drug-likeness (QED) is 0.834. The van der Waals surface area contributed by atoms with E-state index in [0.29, 0.717) is 6.54 Å². The first-order chi connectivity index (χ1) is 9.28. The van der Waals surface area contributed by atoms with Crippen LogP contribution >= 0.6 is 0 Å². The van der Waals surface area contributed by atoms with Gasteiger partial charge in [0.05, 0.1) is 31.4 Å². The summed E-state index contributed by atoms with van der Waals surface area (Å²) in [7, 11) is 1.66. The molecule has 2 aromatic rings. The highest BCUT2D eigenvalue weighted by atomic mass is 16.5. The Morgan fingerprint density at radius 1 is 1.47 bits per heavy atom. The van der Waals surface area contributed by atoms with E-state index in [1.165, 1.54) is 0 Å². The lowest BCUT2D eigenvalue weighted by Gasteiger charge is -2.19. The monoisotopic (exact) mass is 260 g/mol. The normalized spacial score (nSPS) is 12.2. The van der Waals surface area contributed by atoms with Crippen molar-refractivity contribution in [2.75, 3.05) is 19.0 Å². The number of nitrogens with one attached hydrogen (secondary N) is 1. The Hall–Kier alpha value is -2.01. The highest BCUT2D eigenvalue weighted by molar-refractivity contribution is 5.49. The van der Waals surface area contributed by atoms with Gasteiger partial charge in [-0.1, -0.05) is 6.07 Å². The van der Waals surface area contributed by atoms with Gasteiger partial charge >= 0.3 is 0 Å². The van der Waals surface area contributed by atoms with Gasteiger partial charge in [-0.25, -0.2) is 4.98 Å². The van der Waals surface area contributed by atoms with Crippen molar-refractivity contribution in [3.63, 3.8) is 0 Å². The fourth-order valence-electron chi connectivity index (χ4n) is 2.05. The third kappa shape index (κ3) is 3.06. The van der Waals surface area contributed by atoms with Crippen LogP contribution in [0.3, 0.4) is 0 Å². The van der Waals surface area contributed by atoms with Gasteiger partial charge in [0.15, 0.2) is 0 Å². The minimum atomic E-state index is 0.0366. The second-order valence-corrected chi connectivity index (χ2v) is 4.27. The number of aryl methyl sites for hydroxylation is 1. The van der Waals surface area contributed by atoms with E-state index < -0.39 is 0 Å². The average Bonchev–Trinajstić information content (AvgIpc) is 2.93. The van der Waals surface area contributed by atoms with Gasteiger partial charge in [0.1, 0.15) is 5.75 Å². The molecule has 1 atom stereocenters. The predicted molar refractivity (Wildman–Crippen MR) is 76.3 cm³/mol. The molecule has 2 rings (SSSR count). The Kier molecular flexibility index (Phi) is 4.41. The van der Waals surface area contributed by atoms with Crippen LogP contribution in [-0.4, -0.2) is 23.2 Å². The highest BCUT2D eigenvalue weighted by Gasteiger charge is 2.13. The summed E-state index contributed by atoms with van der Waals surface area (Å²) in [6.07, 6.45) is 3.68. The average molecular weight is 260 g/mol. The van der Waals surface area contributed by atoms with Gasteiger partial charge in [-0.05, 0) is 19.1 Å². The number of hydrogen-bond donors (Lipinski definition) is 2. The van der Waals surface area contributed by atoms with Crippen molar-refractivity contribution in [3.05, 3.63) is 42.5 Å². The molecule has 0 saturated carbocycles. The van der Waals surface area contributed by atoms with Crippen LogP contribution in [0.2, 0.25) is 0 Å². The summed E-state index contributed by atoms with van der Waals surface area (Å²) in [4.78, 5) is 4.18. The lowest BCUT2D eigenvalue weighted by molar-refractivity contribution is 0.415. The van der Waals surface area contributed by atoms with Gasteiger partial charge in [-0.15, -0.1) is 0 Å². The molecule has 3 N–H and O–H groups in total. The van der Waals surface area contributed by atoms with Crippen molar-refractivity contribution >= 4 is 5.69 Å². The van der Waals surface area contributed by atoms with Crippen LogP contribution in [0.1, 0.15) is 18.7 Å². The van der Waals surface area contributed by atoms with E-state index in [1.807, 2.05) is 36.8 Å². The largest absolute Gasteiger partial charge is 0.497 e. The summed E-state index contributed by atoms with van der Waals surface area (Å²) in [5.41, 5.74) is 7.95. The van der Waals surface area contributed by atoms with Crippen LogP contribution in [0.5, 0.6) is 5.75 Å². The molecule has 0 radical (unpaired) electrons. The van der Waals surface area contributed by atoms with Gasteiger partial charge < -0.3 is 20.4 Å². The highest BCUT2D eigenvalue weighted by Crippen LogP contribution is 2.22. The SMILES string of the molecule is CCn1cncc1C(CN)Nc1cccc(OC)c1. The number of imidazole rings is 1. The fraction of sp³-hybridized carbons (Fsp3) is 0.357. The van der Waals surface area contributed by atoms with Crippen molar-refractivity contribution in [2.24, 2.45) is 5.73 Å². The zero-order valence-electron chi connectivity index (χ0n) is 11.3. The van der Waals surface area contributed by atoms with Crippen molar-refractivity contribution in [3.8, 4) is 5.75 Å². The number of aromatic nitrogens is 2. The van der Waals surface area contributed by atoms with Crippen molar-refractivity contribution in [2.45, 2.75) is 19.5 Å². The third-order valence-corrected chi connectivity index (χ3v) is 3.09. The van der Waals surface area contributed by atoms with Crippen LogP contribution in [0.4, 0.5) is 5.69 Å². The van der Waals surface area contributed by atoms with Gasteiger partial charge in [0.2, 0.25) is 0 Å². The molecule has 5 nitrogen and oxygen atoms in total. The molecule has 0 bridgehead atoms. The fourth-order valence-corrected chi connectivity index (χ4v) is 2.05. The maximum absolute atomic E-state index is 5.87. The van der Waals surface area contributed by atoms with Crippen LogP contribution in [-0.2, 0) is 6.54 Å². The summed E-state index contributed by atoms with van der Waals surface area (Å²) in [6, 6.07) is 7.85. The Balaban J connectivity index is 2.19. The van der Waals surface area contributed by atoms with E-state index in [-0.39, 0.29) is 6.04 Å². The summed E-state index contributed by atoms with van der Waals surface area (Å²) in [5.74, 6) is 0.824. The Morgan fingerprint density at radius 2 is 2.32 bits per heavy atom. The number of methoxy groups -OCH3 is 1. The van der Waals surface area contributed by atoms with Crippen LogP contribution in [0.15, 0.2) is 36.8 Å². The van der Waals surface area contributed by atoms with E-state index in [1.54, 1.807) is 7.11 Å². The van der Waals surface area contributed by atoms with Crippen LogP contribution in [0, 0.1) is 0 Å². The van der Waals surface area contributed by atoms with E-state index in [2.05, 4.69) is 21.8 Å². The maximum atomic E-state index is 5.87. The van der Waals surface area contributed by atoms with E-state index in [0.717, 1.165) is 23.7 Å². The van der Waals surface area contributed by atoms with Crippen LogP contribution < -0.4 is 15.8 Å². The molecule has 1 aromatic heterocycles. The molecule has 1 unspecified atom stereocenters. The van der Waals surface area contributed by atoms with Gasteiger partial charge in [-0.3, -0.25) is 0 Å². The standard InChI is InChI=1S/C14H20N4O/c1-3-18-10-16-9-14(18)13(8-15)17-11-5-4-6-12(7-11)19-2/h4-7,9-10,13,17H,3,8,15H2,1-2H3. The van der Waals surface area contributed by atoms with Gasteiger partial charge in [0.25, 0.3) is 0 Å². The topological polar surface area (TPSA) is 65.1 Å². The second kappa shape index (κ2) is 6.24. The molecular weight excluding hydrogens is 240 g/mol. The number of ether oxygens (including phenoxy) is 1. The number of nitrogens with two attached hydrogens (primary N) is 1. The molecular formula is C14H20N4O. The Morgan fingerprint density at radius 3 is 3.00 bits per heavy atom. The second-order valence-electron chi connectivity index (χ2n) is 4.27. The molecule has 0 aliphatic carbocycles. The number of benzene rings is 1. The lowest BCUT2D eigenvalue weighted by Crippen LogP contribution is -2.23. The van der Waals surface area contributed by atoms with Crippen molar-refractivity contribution in [1.82, 2.24) is 9.55 Å². The molecule has 0 saturated heterocycles. The maximum Gasteiger partial charge on any atom is 0.120 e. The summed E-state index contributed by atoms with van der Waals surface area (Å²) >= 11 is 0. The minimum absolute atomic E-state index is 0.0366. The summed E-state index contributed by atoms with van der Waals surface area (Å²) in [5, 5.41) is 3.41. The molecule has 0 fully saturated rings. The molecule has 0 amide bonds. The molecule has 102 valence electrons. The number of anilines is 1. The van der Waals surface area contributed by atoms with E-state index in [9.17, 15) is 0 Å². The molecule has 5 heteroatoms.